The number of nitrogens with zero attached hydrogens (tertiary/aromatic N) is 2. The highest BCUT2D eigenvalue weighted by atomic mass is 35.5. The number of hydrogen-bond donors (Lipinski definition) is 1. The summed E-state index contributed by atoms with van der Waals surface area (Å²) < 4.78 is 5.26. The van der Waals surface area contributed by atoms with Crippen LogP contribution in [0.3, 0.4) is 0 Å². The molecule has 1 atom stereocenters. The maximum absolute atomic E-state index is 12.6. The predicted molar refractivity (Wildman–Crippen MR) is 103 cm³/mol. The highest BCUT2D eigenvalue weighted by molar-refractivity contribution is 6.32. The van der Waals surface area contributed by atoms with E-state index >= 15 is 0 Å². The Hall–Kier alpha value is -2.67. The number of carbonyl (C=O) groups is 3. The van der Waals surface area contributed by atoms with E-state index < -0.39 is 24.1 Å². The third kappa shape index (κ3) is 3.09. The minimum atomic E-state index is -0.919. The van der Waals surface area contributed by atoms with Gasteiger partial charge in [0, 0.05) is 5.39 Å². The van der Waals surface area contributed by atoms with Gasteiger partial charge in [-0.05, 0) is 44.2 Å². The van der Waals surface area contributed by atoms with E-state index in [-0.39, 0.29) is 18.4 Å². The van der Waals surface area contributed by atoms with Crippen LogP contribution in [0.1, 0.15) is 31.0 Å². The number of ether oxygens (including phenoxy) is 1. The topological polar surface area (TPSA) is 88.6 Å². The first-order valence-corrected chi connectivity index (χ1v) is 9.52. The summed E-state index contributed by atoms with van der Waals surface area (Å²) in [5, 5.41) is 4.07. The predicted octanol–water partition coefficient (Wildman–Crippen LogP) is 2.96. The summed E-state index contributed by atoms with van der Waals surface area (Å²) in [7, 11) is 0. The molecule has 0 bridgehead atoms. The van der Waals surface area contributed by atoms with Crippen LogP contribution in [0.2, 0.25) is 5.02 Å². The molecule has 1 aliphatic carbocycles. The lowest BCUT2D eigenvalue weighted by Gasteiger charge is -2.20. The van der Waals surface area contributed by atoms with Crippen molar-refractivity contribution < 1.29 is 19.1 Å². The molecule has 4 rings (SSSR count). The molecule has 28 heavy (non-hydrogen) atoms. The van der Waals surface area contributed by atoms with Crippen molar-refractivity contribution in [2.75, 3.05) is 6.54 Å². The van der Waals surface area contributed by atoms with Crippen molar-refractivity contribution in [1.82, 2.24) is 15.2 Å². The first-order chi connectivity index (χ1) is 13.3. The number of rotatable bonds is 5. The lowest BCUT2D eigenvalue weighted by molar-refractivity contribution is -0.149. The zero-order valence-electron chi connectivity index (χ0n) is 15.6. The van der Waals surface area contributed by atoms with Gasteiger partial charge in [-0.3, -0.25) is 14.5 Å². The summed E-state index contributed by atoms with van der Waals surface area (Å²) in [6, 6.07) is 6.99. The number of aryl methyl sites for hydroxylation is 1. The molecular weight excluding hydrogens is 382 g/mol. The van der Waals surface area contributed by atoms with E-state index in [2.05, 4.69) is 10.3 Å². The molecule has 1 aliphatic heterocycles. The number of hydrogen-bond acceptors (Lipinski definition) is 5. The minimum Gasteiger partial charge on any atom is -0.458 e. The van der Waals surface area contributed by atoms with Crippen LogP contribution in [0.15, 0.2) is 24.3 Å². The second-order valence-corrected chi connectivity index (χ2v) is 7.85. The average Bonchev–Trinajstić information content (AvgIpc) is 3.50. The molecule has 2 aliphatic rings. The summed E-state index contributed by atoms with van der Waals surface area (Å²) in [6.45, 7) is 3.02. The van der Waals surface area contributed by atoms with Crippen LogP contribution in [0.5, 0.6) is 0 Å². The number of pyridine rings is 1. The first kappa shape index (κ1) is 18.7. The van der Waals surface area contributed by atoms with Gasteiger partial charge in [-0.25, -0.2) is 9.78 Å². The molecular formula is C20H20ClN3O4. The Labute approximate surface area is 167 Å². The Morgan fingerprint density at radius 1 is 1.36 bits per heavy atom. The van der Waals surface area contributed by atoms with Crippen molar-refractivity contribution in [2.45, 2.75) is 38.8 Å². The Morgan fingerprint density at radius 3 is 2.79 bits per heavy atom. The number of carbonyl (C=O) groups excluding carboxylic acids is 3. The standard InChI is InChI=1S/C20H20ClN3O4/c1-11-13-5-3-4-6-14(13)22-15(17(11)21)10-28-16(25)9-24-18(26)20(2,12-7-8-12)23-19(24)27/h3-6,12H,7-10H2,1-2H3,(H,23,27)/t20-/m1/s1. The molecule has 146 valence electrons. The number of benzene rings is 1. The summed E-state index contributed by atoms with van der Waals surface area (Å²) in [5.74, 6) is -0.935. The molecule has 1 N–H and O–H groups in total. The van der Waals surface area contributed by atoms with Crippen LogP contribution in [-0.4, -0.2) is 39.9 Å². The number of urea groups is 1. The third-order valence-electron chi connectivity index (χ3n) is 5.50. The maximum atomic E-state index is 12.6. The molecule has 8 heteroatoms. The van der Waals surface area contributed by atoms with Gasteiger partial charge in [0.05, 0.1) is 16.2 Å². The number of halogens is 1. The van der Waals surface area contributed by atoms with E-state index in [1.165, 1.54) is 0 Å². The van der Waals surface area contributed by atoms with Crippen LogP contribution in [0, 0.1) is 12.8 Å². The molecule has 2 fully saturated rings. The Balaban J connectivity index is 1.44. The second-order valence-electron chi connectivity index (χ2n) is 7.47. The first-order valence-electron chi connectivity index (χ1n) is 9.14. The lowest BCUT2D eigenvalue weighted by atomic mass is 9.96. The number of nitrogens with one attached hydrogen (secondary N) is 1. The van der Waals surface area contributed by atoms with Crippen molar-refractivity contribution in [2.24, 2.45) is 5.92 Å². The number of aromatic nitrogens is 1. The number of para-hydroxylation sites is 1. The largest absolute Gasteiger partial charge is 0.458 e. The molecule has 0 unspecified atom stereocenters. The van der Waals surface area contributed by atoms with Crippen molar-refractivity contribution in [3.8, 4) is 0 Å². The number of fused-ring (bicyclic) bond motifs is 1. The summed E-state index contributed by atoms with van der Waals surface area (Å²) in [6.07, 6.45) is 1.79. The average molecular weight is 402 g/mol. The molecule has 1 saturated carbocycles. The zero-order chi connectivity index (χ0) is 20.1. The van der Waals surface area contributed by atoms with Gasteiger partial charge < -0.3 is 10.1 Å². The lowest BCUT2D eigenvalue weighted by Crippen LogP contribution is -2.46. The molecule has 1 aromatic heterocycles. The van der Waals surface area contributed by atoms with E-state index in [9.17, 15) is 14.4 Å². The van der Waals surface area contributed by atoms with Gasteiger partial charge in [-0.15, -0.1) is 0 Å². The number of amides is 3. The van der Waals surface area contributed by atoms with Crippen molar-refractivity contribution in [1.29, 1.82) is 0 Å². The summed E-state index contributed by atoms with van der Waals surface area (Å²) in [4.78, 5) is 42.3. The fourth-order valence-electron chi connectivity index (χ4n) is 3.63. The van der Waals surface area contributed by atoms with Crippen molar-refractivity contribution in [3.05, 3.63) is 40.5 Å². The van der Waals surface area contributed by atoms with Crippen LogP contribution in [0.25, 0.3) is 10.9 Å². The van der Waals surface area contributed by atoms with E-state index in [0.29, 0.717) is 10.7 Å². The van der Waals surface area contributed by atoms with Crippen LogP contribution < -0.4 is 5.32 Å². The molecule has 3 amide bonds. The van der Waals surface area contributed by atoms with Gasteiger partial charge in [-0.2, -0.15) is 0 Å². The van der Waals surface area contributed by atoms with Gasteiger partial charge >= 0.3 is 12.0 Å². The van der Waals surface area contributed by atoms with E-state index in [1.807, 2.05) is 31.2 Å². The van der Waals surface area contributed by atoms with Gasteiger partial charge in [0.1, 0.15) is 18.7 Å². The van der Waals surface area contributed by atoms with Crippen molar-refractivity contribution >= 4 is 40.4 Å². The Morgan fingerprint density at radius 2 is 2.07 bits per heavy atom. The van der Waals surface area contributed by atoms with E-state index in [1.54, 1.807) is 6.92 Å². The quantitative estimate of drug-likeness (QED) is 0.614. The van der Waals surface area contributed by atoms with Gasteiger partial charge in [0.25, 0.3) is 5.91 Å². The van der Waals surface area contributed by atoms with E-state index in [4.69, 9.17) is 16.3 Å². The van der Waals surface area contributed by atoms with Gasteiger partial charge in [-0.1, -0.05) is 29.8 Å². The Bertz CT molecular complexity index is 1000. The maximum Gasteiger partial charge on any atom is 0.326 e. The smallest absolute Gasteiger partial charge is 0.326 e. The molecule has 1 saturated heterocycles. The molecule has 2 aromatic rings. The summed E-state index contributed by atoms with van der Waals surface area (Å²) >= 11 is 6.37. The van der Waals surface area contributed by atoms with Crippen LogP contribution >= 0.6 is 11.6 Å². The number of esters is 1. The van der Waals surface area contributed by atoms with Crippen LogP contribution in [0.4, 0.5) is 4.79 Å². The van der Waals surface area contributed by atoms with Crippen LogP contribution in [-0.2, 0) is 20.9 Å². The van der Waals surface area contributed by atoms with Gasteiger partial charge in [0.2, 0.25) is 0 Å². The zero-order valence-corrected chi connectivity index (χ0v) is 16.4. The molecule has 0 spiro atoms. The second kappa shape index (κ2) is 6.74. The Kier molecular flexibility index (Phi) is 4.50. The molecule has 7 nitrogen and oxygen atoms in total. The molecule has 2 heterocycles. The van der Waals surface area contributed by atoms with E-state index in [0.717, 1.165) is 34.2 Å². The monoisotopic (exact) mass is 401 g/mol. The fourth-order valence-corrected chi connectivity index (χ4v) is 3.83. The molecule has 1 aromatic carbocycles. The van der Waals surface area contributed by atoms with Gasteiger partial charge in [0.15, 0.2) is 0 Å². The highest BCUT2D eigenvalue weighted by Gasteiger charge is 2.56. The fraction of sp³-hybridized carbons (Fsp3) is 0.400. The SMILES string of the molecule is Cc1c(Cl)c(COC(=O)CN2C(=O)N[C@](C)(C3CC3)C2=O)nc2ccccc12. The normalized spacial score (nSPS) is 21.9. The number of imide groups is 1. The van der Waals surface area contributed by atoms with Crippen molar-refractivity contribution in [3.63, 3.8) is 0 Å². The molecule has 0 radical (unpaired) electrons. The third-order valence-corrected chi connectivity index (χ3v) is 6.00. The summed E-state index contributed by atoms with van der Waals surface area (Å²) in [5.41, 5.74) is 1.13. The highest BCUT2D eigenvalue weighted by Crippen LogP contribution is 2.42. The minimum absolute atomic E-state index is 0.132.